The van der Waals surface area contributed by atoms with Crippen molar-refractivity contribution >= 4 is 17.4 Å². The minimum atomic E-state index is 0.346. The van der Waals surface area contributed by atoms with Gasteiger partial charge in [0.2, 0.25) is 0 Å². The van der Waals surface area contributed by atoms with Crippen molar-refractivity contribution in [2.45, 2.75) is 38.6 Å². The lowest BCUT2D eigenvalue weighted by molar-refractivity contribution is 0.380. The molecule has 1 aromatic heterocycles. The number of rotatable bonds is 6. The molecule has 1 heterocycles. The van der Waals surface area contributed by atoms with Gasteiger partial charge in [-0.2, -0.15) is 4.98 Å². The number of hydrogen-bond acceptors (Lipinski definition) is 4. The van der Waals surface area contributed by atoms with Crippen molar-refractivity contribution in [1.29, 1.82) is 0 Å². The maximum Gasteiger partial charge on any atom is 0.318 e. The van der Waals surface area contributed by atoms with Crippen LogP contribution >= 0.6 is 11.6 Å². The molecule has 0 saturated heterocycles. The van der Waals surface area contributed by atoms with Crippen LogP contribution in [0.25, 0.3) is 0 Å². The molecule has 1 aliphatic rings. The molecule has 4 nitrogen and oxygen atoms in total. The Morgan fingerprint density at radius 1 is 1.59 bits per heavy atom. The second-order valence-electron chi connectivity index (χ2n) is 4.48. The number of aromatic nitrogens is 2. The molecule has 0 aromatic carbocycles. The van der Waals surface area contributed by atoms with Crippen molar-refractivity contribution in [3.8, 4) is 6.01 Å². The lowest BCUT2D eigenvalue weighted by Crippen LogP contribution is -2.20. The molecule has 0 bridgehead atoms. The maximum absolute atomic E-state index is 6.06. The number of nitrogens with one attached hydrogen (secondary N) is 1. The number of halogens is 1. The highest BCUT2D eigenvalue weighted by Gasteiger charge is 2.25. The Morgan fingerprint density at radius 3 is 2.94 bits per heavy atom. The molecule has 1 atom stereocenters. The summed E-state index contributed by atoms with van der Waals surface area (Å²) in [5, 5.41) is 3.92. The van der Waals surface area contributed by atoms with Gasteiger partial charge >= 0.3 is 6.01 Å². The molecule has 5 heteroatoms. The van der Waals surface area contributed by atoms with Gasteiger partial charge in [-0.1, -0.05) is 31.4 Å². The van der Waals surface area contributed by atoms with E-state index in [1.165, 1.54) is 19.3 Å². The van der Waals surface area contributed by atoms with Gasteiger partial charge in [0.05, 0.1) is 13.3 Å². The second kappa shape index (κ2) is 5.54. The highest BCUT2D eigenvalue weighted by molar-refractivity contribution is 6.32. The quantitative estimate of drug-likeness (QED) is 0.848. The molecule has 0 aliphatic heterocycles. The molecule has 1 fully saturated rings. The normalized spacial score (nSPS) is 16.6. The van der Waals surface area contributed by atoms with E-state index in [4.69, 9.17) is 16.3 Å². The minimum absolute atomic E-state index is 0.346. The Balaban J connectivity index is 2.03. The van der Waals surface area contributed by atoms with Crippen molar-refractivity contribution in [2.75, 3.05) is 12.4 Å². The first kappa shape index (κ1) is 12.4. The molecule has 0 radical (unpaired) electrons. The molecule has 1 saturated carbocycles. The highest BCUT2D eigenvalue weighted by atomic mass is 35.5. The Labute approximate surface area is 107 Å². The third-order valence-electron chi connectivity index (χ3n) is 3.05. The summed E-state index contributed by atoms with van der Waals surface area (Å²) in [5.74, 6) is 1.56. The molecule has 17 heavy (non-hydrogen) atoms. The topological polar surface area (TPSA) is 47.0 Å². The number of anilines is 1. The van der Waals surface area contributed by atoms with E-state index in [0.717, 1.165) is 12.3 Å². The van der Waals surface area contributed by atoms with Crippen LogP contribution in [0.2, 0.25) is 5.02 Å². The van der Waals surface area contributed by atoms with Gasteiger partial charge in [-0.3, -0.25) is 0 Å². The largest absolute Gasteiger partial charge is 0.467 e. The van der Waals surface area contributed by atoms with E-state index in [-0.39, 0.29) is 0 Å². The van der Waals surface area contributed by atoms with Crippen LogP contribution in [-0.2, 0) is 0 Å². The Hall–Kier alpha value is -1.03. The fourth-order valence-corrected chi connectivity index (χ4v) is 1.97. The summed E-state index contributed by atoms with van der Waals surface area (Å²) in [6.45, 7) is 2.17. The lowest BCUT2D eigenvalue weighted by atomic mass is 10.1. The van der Waals surface area contributed by atoms with E-state index in [0.29, 0.717) is 22.9 Å². The second-order valence-corrected chi connectivity index (χ2v) is 4.89. The predicted molar refractivity (Wildman–Crippen MR) is 68.6 cm³/mol. The molecule has 1 aliphatic carbocycles. The zero-order valence-electron chi connectivity index (χ0n) is 10.2. The van der Waals surface area contributed by atoms with Gasteiger partial charge in [-0.25, -0.2) is 4.98 Å². The predicted octanol–water partition coefficient (Wildman–Crippen LogP) is 3.13. The van der Waals surface area contributed by atoms with Gasteiger partial charge in [0.25, 0.3) is 0 Å². The van der Waals surface area contributed by atoms with E-state index < -0.39 is 0 Å². The Morgan fingerprint density at radius 2 is 2.35 bits per heavy atom. The molecule has 1 aromatic rings. The molecule has 0 spiro atoms. The van der Waals surface area contributed by atoms with Gasteiger partial charge in [0, 0.05) is 6.04 Å². The smallest absolute Gasteiger partial charge is 0.318 e. The van der Waals surface area contributed by atoms with Crippen LogP contribution in [0.4, 0.5) is 5.82 Å². The van der Waals surface area contributed by atoms with E-state index in [1.807, 2.05) is 0 Å². The Kier molecular flexibility index (Phi) is 4.05. The van der Waals surface area contributed by atoms with Crippen molar-refractivity contribution in [3.63, 3.8) is 0 Å². The zero-order valence-corrected chi connectivity index (χ0v) is 11.0. The average molecular weight is 256 g/mol. The van der Waals surface area contributed by atoms with E-state index in [1.54, 1.807) is 13.3 Å². The first-order valence-corrected chi connectivity index (χ1v) is 6.43. The van der Waals surface area contributed by atoms with Gasteiger partial charge in [0.15, 0.2) is 5.82 Å². The van der Waals surface area contributed by atoms with Crippen LogP contribution in [0.15, 0.2) is 6.20 Å². The van der Waals surface area contributed by atoms with Crippen molar-refractivity contribution in [3.05, 3.63) is 11.2 Å². The number of ether oxygens (including phenoxy) is 1. The molecular weight excluding hydrogens is 238 g/mol. The fourth-order valence-electron chi connectivity index (χ4n) is 1.83. The summed E-state index contributed by atoms with van der Waals surface area (Å²) in [6.07, 6.45) is 6.55. The number of hydrogen-bond donors (Lipinski definition) is 1. The molecule has 1 N–H and O–H groups in total. The third kappa shape index (κ3) is 3.46. The third-order valence-corrected chi connectivity index (χ3v) is 3.33. The van der Waals surface area contributed by atoms with Gasteiger partial charge in [-0.05, 0) is 18.8 Å². The number of methoxy groups -OCH3 is 1. The van der Waals surface area contributed by atoms with E-state index in [2.05, 4.69) is 22.2 Å². The minimum Gasteiger partial charge on any atom is -0.467 e. The Bertz CT molecular complexity index is 382. The van der Waals surface area contributed by atoms with Gasteiger partial charge in [0.1, 0.15) is 5.02 Å². The monoisotopic (exact) mass is 255 g/mol. The van der Waals surface area contributed by atoms with Crippen LogP contribution in [0.1, 0.15) is 32.6 Å². The molecule has 2 rings (SSSR count). The summed E-state index contributed by atoms with van der Waals surface area (Å²) in [7, 11) is 1.55. The summed E-state index contributed by atoms with van der Waals surface area (Å²) >= 11 is 6.06. The summed E-state index contributed by atoms with van der Waals surface area (Å²) in [5.41, 5.74) is 0. The summed E-state index contributed by atoms with van der Waals surface area (Å²) in [4.78, 5) is 8.19. The first-order chi connectivity index (χ1) is 8.22. The van der Waals surface area contributed by atoms with Crippen molar-refractivity contribution in [2.24, 2.45) is 5.92 Å². The number of nitrogens with zero attached hydrogens (tertiary/aromatic N) is 2. The standard InChI is InChI=1S/C12H18ClN3O/c1-3-9(6-8-4-5-8)15-11-10(13)7-14-12(16-11)17-2/h7-9H,3-6H2,1-2H3,(H,14,15,16). The zero-order chi connectivity index (χ0) is 12.3. The molecular formula is C12H18ClN3O. The van der Waals surface area contributed by atoms with Crippen LogP contribution < -0.4 is 10.1 Å². The van der Waals surface area contributed by atoms with Gasteiger partial charge in [-0.15, -0.1) is 0 Å². The van der Waals surface area contributed by atoms with Crippen LogP contribution in [0, 0.1) is 5.92 Å². The fraction of sp³-hybridized carbons (Fsp3) is 0.667. The molecule has 94 valence electrons. The maximum atomic E-state index is 6.06. The van der Waals surface area contributed by atoms with Gasteiger partial charge < -0.3 is 10.1 Å². The van der Waals surface area contributed by atoms with Crippen molar-refractivity contribution in [1.82, 2.24) is 9.97 Å². The summed E-state index contributed by atoms with van der Waals surface area (Å²) < 4.78 is 5.00. The van der Waals surface area contributed by atoms with Crippen LogP contribution in [0.3, 0.4) is 0 Å². The highest BCUT2D eigenvalue weighted by Crippen LogP contribution is 2.35. The molecule has 0 amide bonds. The summed E-state index contributed by atoms with van der Waals surface area (Å²) in [6, 6.07) is 0.776. The average Bonchev–Trinajstić information content (AvgIpc) is 3.14. The van der Waals surface area contributed by atoms with Crippen molar-refractivity contribution < 1.29 is 4.74 Å². The molecule has 1 unspecified atom stereocenters. The van der Waals surface area contributed by atoms with E-state index in [9.17, 15) is 0 Å². The van der Waals surface area contributed by atoms with Crippen LogP contribution in [-0.4, -0.2) is 23.1 Å². The lowest BCUT2D eigenvalue weighted by Gasteiger charge is -2.18. The van der Waals surface area contributed by atoms with Crippen LogP contribution in [0.5, 0.6) is 6.01 Å². The first-order valence-electron chi connectivity index (χ1n) is 6.06. The SMILES string of the molecule is CCC(CC1CC1)Nc1nc(OC)ncc1Cl. The van der Waals surface area contributed by atoms with E-state index >= 15 is 0 Å².